The third-order valence-electron chi connectivity index (χ3n) is 4.50. The predicted octanol–water partition coefficient (Wildman–Crippen LogP) is 3.95. The smallest absolute Gasteiger partial charge is 0.231 e. The van der Waals surface area contributed by atoms with Crippen molar-refractivity contribution in [2.45, 2.75) is 19.4 Å². The number of aliphatic hydroxyl groups excluding tert-OH is 1. The van der Waals surface area contributed by atoms with Crippen molar-refractivity contribution in [3.63, 3.8) is 0 Å². The Balaban J connectivity index is 1.78. The minimum Gasteiger partial charge on any atom is -0.390 e. The third-order valence-corrected chi connectivity index (χ3v) is 4.50. The maximum atomic E-state index is 12.9. The van der Waals surface area contributed by atoms with Crippen LogP contribution in [0, 0.1) is 0 Å². The van der Waals surface area contributed by atoms with Crippen molar-refractivity contribution in [1.29, 1.82) is 0 Å². The average molecular weight is 330 g/mol. The Morgan fingerprint density at radius 1 is 0.960 bits per heavy atom. The normalized spacial score (nSPS) is 11.2. The maximum Gasteiger partial charge on any atom is 0.231 e. The highest BCUT2D eigenvalue weighted by atomic mass is 16.3. The van der Waals surface area contributed by atoms with E-state index in [-0.39, 0.29) is 12.5 Å². The molecule has 0 amide bonds. The second-order valence-corrected chi connectivity index (χ2v) is 6.08. The van der Waals surface area contributed by atoms with Gasteiger partial charge in [0.15, 0.2) is 0 Å². The molecule has 0 saturated heterocycles. The lowest BCUT2D eigenvalue weighted by molar-refractivity contribution is 0.0913. The van der Waals surface area contributed by atoms with Crippen molar-refractivity contribution >= 4 is 27.7 Å². The van der Waals surface area contributed by atoms with Gasteiger partial charge in [-0.2, -0.15) is 0 Å². The van der Waals surface area contributed by atoms with Crippen molar-refractivity contribution in [1.82, 2.24) is 9.55 Å². The molecule has 1 N–H and O–H groups in total. The van der Waals surface area contributed by atoms with Gasteiger partial charge in [-0.05, 0) is 24.1 Å². The molecule has 0 radical (unpaired) electrons. The Morgan fingerprint density at radius 2 is 1.72 bits per heavy atom. The molecule has 2 aromatic carbocycles. The largest absolute Gasteiger partial charge is 0.390 e. The van der Waals surface area contributed by atoms with Crippen LogP contribution in [0.15, 0.2) is 66.9 Å². The van der Waals surface area contributed by atoms with E-state index in [1.54, 1.807) is 10.8 Å². The summed E-state index contributed by atoms with van der Waals surface area (Å²) in [4.78, 5) is 17.2. The third kappa shape index (κ3) is 2.81. The molecule has 4 aromatic rings. The van der Waals surface area contributed by atoms with Gasteiger partial charge in [-0.3, -0.25) is 14.3 Å². The number of hydrogen-bond acceptors (Lipinski definition) is 3. The molecule has 0 bridgehead atoms. The summed E-state index contributed by atoms with van der Waals surface area (Å²) in [7, 11) is 0. The highest BCUT2D eigenvalue weighted by Gasteiger charge is 2.16. The van der Waals surface area contributed by atoms with Gasteiger partial charge in [0.2, 0.25) is 5.91 Å². The minimum atomic E-state index is -0.114. The van der Waals surface area contributed by atoms with Crippen molar-refractivity contribution in [2.75, 3.05) is 0 Å². The summed E-state index contributed by atoms with van der Waals surface area (Å²) in [5, 5.41) is 11.3. The number of hydrogen-bond donors (Lipinski definition) is 1. The van der Waals surface area contributed by atoms with E-state index >= 15 is 0 Å². The van der Waals surface area contributed by atoms with E-state index in [0.29, 0.717) is 18.5 Å². The molecule has 4 nitrogen and oxygen atoms in total. The van der Waals surface area contributed by atoms with E-state index in [2.05, 4.69) is 4.98 Å². The fraction of sp³-hybridized carbons (Fsp3) is 0.143. The van der Waals surface area contributed by atoms with Gasteiger partial charge >= 0.3 is 0 Å². The van der Waals surface area contributed by atoms with Crippen LogP contribution in [0.25, 0.3) is 21.8 Å². The van der Waals surface area contributed by atoms with Crippen molar-refractivity contribution < 1.29 is 9.90 Å². The Hall–Kier alpha value is -2.98. The molecule has 4 heteroatoms. The first-order chi connectivity index (χ1) is 12.3. The zero-order valence-electron chi connectivity index (χ0n) is 13.7. The van der Waals surface area contributed by atoms with E-state index in [1.165, 1.54) is 0 Å². The number of pyridine rings is 1. The van der Waals surface area contributed by atoms with Gasteiger partial charge in [-0.15, -0.1) is 0 Å². The number of rotatable bonds is 4. The first kappa shape index (κ1) is 15.5. The lowest BCUT2D eigenvalue weighted by Crippen LogP contribution is -2.11. The van der Waals surface area contributed by atoms with E-state index < -0.39 is 0 Å². The van der Waals surface area contributed by atoms with Crippen molar-refractivity contribution in [3.8, 4) is 0 Å². The van der Waals surface area contributed by atoms with Gasteiger partial charge in [0.25, 0.3) is 0 Å². The Kier molecular flexibility index (Phi) is 4.04. The van der Waals surface area contributed by atoms with Crippen LogP contribution in [0.2, 0.25) is 0 Å². The molecule has 0 atom stereocenters. The molecule has 0 saturated carbocycles. The van der Waals surface area contributed by atoms with Crippen LogP contribution in [0.1, 0.15) is 22.5 Å². The summed E-state index contributed by atoms with van der Waals surface area (Å²) in [6.45, 7) is -0.114. The zero-order chi connectivity index (χ0) is 17.2. The molecule has 0 aliphatic carbocycles. The van der Waals surface area contributed by atoms with Gasteiger partial charge in [-0.25, -0.2) is 0 Å². The molecule has 0 unspecified atom stereocenters. The number of benzene rings is 2. The monoisotopic (exact) mass is 330 g/mol. The number of fused-ring (bicyclic) bond motifs is 3. The summed E-state index contributed by atoms with van der Waals surface area (Å²) in [5.74, 6) is 0.0496. The van der Waals surface area contributed by atoms with Crippen LogP contribution in [0.3, 0.4) is 0 Å². The van der Waals surface area contributed by atoms with E-state index in [1.807, 2.05) is 60.7 Å². The van der Waals surface area contributed by atoms with Crippen LogP contribution in [-0.4, -0.2) is 20.6 Å². The summed E-state index contributed by atoms with van der Waals surface area (Å²) < 4.78 is 1.75. The highest BCUT2D eigenvalue weighted by Crippen LogP contribution is 2.29. The number of para-hydroxylation sites is 1. The van der Waals surface area contributed by atoms with Crippen LogP contribution >= 0.6 is 0 Å². The van der Waals surface area contributed by atoms with E-state index in [0.717, 1.165) is 27.4 Å². The van der Waals surface area contributed by atoms with Gasteiger partial charge in [-0.1, -0.05) is 48.5 Å². The molecule has 0 aliphatic rings. The summed E-state index contributed by atoms with van der Waals surface area (Å²) >= 11 is 0. The number of aryl methyl sites for hydroxylation is 1. The molecule has 124 valence electrons. The van der Waals surface area contributed by atoms with E-state index in [9.17, 15) is 9.90 Å². The predicted molar refractivity (Wildman–Crippen MR) is 98.6 cm³/mol. The lowest BCUT2D eigenvalue weighted by Gasteiger charge is -2.06. The van der Waals surface area contributed by atoms with Crippen molar-refractivity contribution in [3.05, 3.63) is 78.1 Å². The van der Waals surface area contributed by atoms with Crippen LogP contribution < -0.4 is 0 Å². The topological polar surface area (TPSA) is 55.1 Å². The van der Waals surface area contributed by atoms with Gasteiger partial charge in [0.1, 0.15) is 0 Å². The zero-order valence-corrected chi connectivity index (χ0v) is 13.7. The molecular weight excluding hydrogens is 312 g/mol. The van der Waals surface area contributed by atoms with Gasteiger partial charge < -0.3 is 5.11 Å². The maximum absolute atomic E-state index is 12.9. The Morgan fingerprint density at radius 3 is 2.52 bits per heavy atom. The summed E-state index contributed by atoms with van der Waals surface area (Å²) in [6.07, 6.45) is 2.82. The number of carbonyl (C=O) groups excluding carboxylic acids is 1. The van der Waals surface area contributed by atoms with Gasteiger partial charge in [0, 0.05) is 17.2 Å². The Bertz CT molecular complexity index is 1050. The molecule has 2 heterocycles. The minimum absolute atomic E-state index is 0.0496. The fourth-order valence-corrected chi connectivity index (χ4v) is 3.27. The highest BCUT2D eigenvalue weighted by molar-refractivity contribution is 6.13. The lowest BCUT2D eigenvalue weighted by atomic mass is 10.1. The molecule has 0 aliphatic heterocycles. The van der Waals surface area contributed by atoms with Crippen LogP contribution in [0.4, 0.5) is 0 Å². The molecule has 4 rings (SSSR count). The van der Waals surface area contributed by atoms with Crippen LogP contribution in [0.5, 0.6) is 0 Å². The Labute approximate surface area is 145 Å². The fourth-order valence-electron chi connectivity index (χ4n) is 3.27. The number of aliphatic hydroxyl groups is 1. The molecule has 0 spiro atoms. The quantitative estimate of drug-likeness (QED) is 0.616. The van der Waals surface area contributed by atoms with Crippen LogP contribution in [-0.2, 0) is 13.0 Å². The first-order valence-electron chi connectivity index (χ1n) is 8.34. The second kappa shape index (κ2) is 6.49. The van der Waals surface area contributed by atoms with Crippen molar-refractivity contribution in [2.24, 2.45) is 0 Å². The van der Waals surface area contributed by atoms with Gasteiger partial charge in [0.05, 0.1) is 29.5 Å². The first-order valence-corrected chi connectivity index (χ1v) is 8.34. The molecular formula is C21H18N2O2. The summed E-state index contributed by atoms with van der Waals surface area (Å²) in [6, 6.07) is 19.7. The number of carbonyl (C=O) groups is 1. The number of aromatic nitrogens is 2. The summed E-state index contributed by atoms with van der Waals surface area (Å²) in [5.41, 5.74) is 3.42. The molecule has 25 heavy (non-hydrogen) atoms. The molecule has 0 fully saturated rings. The average Bonchev–Trinajstić information content (AvgIpc) is 3.00. The molecule has 2 aromatic heterocycles. The number of nitrogens with zero attached hydrogens (tertiary/aromatic N) is 2. The standard InChI is InChI=1S/C21H18N2O2/c24-14-16-12-18-17-8-4-5-9-19(17)23(20(18)13-22-16)21(25)11-10-15-6-2-1-3-7-15/h1-9,12-13,24H,10-11,14H2. The SMILES string of the molecule is O=C(CCc1ccccc1)n1c2ccccc2c2cc(CO)ncc21. The van der Waals surface area contributed by atoms with E-state index in [4.69, 9.17) is 0 Å². The second-order valence-electron chi connectivity index (χ2n) is 6.08.